The minimum atomic E-state index is -3.54. The summed E-state index contributed by atoms with van der Waals surface area (Å²) >= 11 is 0. The van der Waals surface area contributed by atoms with E-state index in [4.69, 9.17) is 0 Å². The summed E-state index contributed by atoms with van der Waals surface area (Å²) in [6, 6.07) is 13.3. The third kappa shape index (κ3) is 20.2. The number of benzene rings is 2. The van der Waals surface area contributed by atoms with Gasteiger partial charge in [-0.2, -0.15) is 0 Å². The number of hydrogen-bond acceptors (Lipinski definition) is 4. The van der Waals surface area contributed by atoms with E-state index >= 15 is 0 Å². The third-order valence-corrected chi connectivity index (χ3v) is 6.49. The quantitative estimate of drug-likeness (QED) is 0.164. The van der Waals surface area contributed by atoms with E-state index in [0.29, 0.717) is 0 Å². The number of sulfonamides is 2. The average Bonchev–Trinajstić information content (AvgIpc) is 2.52. The summed E-state index contributed by atoms with van der Waals surface area (Å²) in [5.41, 5.74) is 2.05. The van der Waals surface area contributed by atoms with Crippen LogP contribution in [0.5, 0.6) is 0 Å². The molecule has 0 spiro atoms. The first-order chi connectivity index (χ1) is 13.4. The van der Waals surface area contributed by atoms with Crippen molar-refractivity contribution < 1.29 is 131 Å². The second kappa shape index (κ2) is 20.1. The van der Waals surface area contributed by atoms with Gasteiger partial charge in [-0.15, -0.1) is 0 Å². The Hall–Kier alpha value is 1.21. The molecule has 0 atom stereocenters. The van der Waals surface area contributed by atoms with Crippen molar-refractivity contribution in [2.75, 3.05) is 42.3 Å². The van der Waals surface area contributed by atoms with Crippen molar-refractivity contribution in [1.82, 2.24) is 0 Å². The molecule has 0 N–H and O–H groups in total. The summed E-state index contributed by atoms with van der Waals surface area (Å²) in [7, 11) is 3.13. The summed E-state index contributed by atoms with van der Waals surface area (Å²) in [5, 5.41) is 0. The Kier molecular flexibility index (Phi) is 28.0. The molecule has 16 heteroatoms. The van der Waals surface area contributed by atoms with Crippen molar-refractivity contribution in [3.63, 3.8) is 0 Å². The SMILES string of the molecule is Cc1ccc(S(=O)(=O)[N-][N+](C)(C)C)cc1.Cc1ccc(S(=O)(=O)[N-][N+](C)(C)C)cc1.[Cl-].[Cl-].[Cl-].[Cl-].[Hg+2].[Hg+2]. The summed E-state index contributed by atoms with van der Waals surface area (Å²) in [4.78, 5) is 7.98. The molecule has 2 aromatic rings. The van der Waals surface area contributed by atoms with E-state index in [1.165, 1.54) is 0 Å². The number of hydrogen-bond donors (Lipinski definition) is 0. The largest absolute Gasteiger partial charge is 2.00 e. The van der Waals surface area contributed by atoms with Crippen molar-refractivity contribution in [1.29, 1.82) is 0 Å². The van der Waals surface area contributed by atoms with Crippen LogP contribution in [-0.2, 0) is 75.4 Å². The van der Waals surface area contributed by atoms with Gasteiger partial charge in [-0.25, -0.2) is 16.8 Å². The molecule has 0 unspecified atom stereocenters. The number of aryl methyl sites for hydroxylation is 2. The van der Waals surface area contributed by atoms with E-state index < -0.39 is 20.0 Å². The molecule has 200 valence electrons. The first kappa shape index (κ1) is 50.1. The number of nitrogens with zero attached hydrogens (tertiary/aromatic N) is 4. The molecular weight excluding hydrogens is 967 g/mol. The standard InChI is InChI=1S/2C10H16N2O2S.4ClH.2Hg/c2*1-9-5-7-10(8-6-9)15(13,14)11-12(2,3)4;;;;;;/h2*5-8H,1-4H3;4*1H;;/q;;;;;;2*+2/p-4. The average molecular weight is 1000 g/mol. The molecule has 0 aliphatic heterocycles. The van der Waals surface area contributed by atoms with Gasteiger partial charge >= 0.3 is 55.3 Å². The van der Waals surface area contributed by atoms with E-state index in [1.54, 1.807) is 90.8 Å². The van der Waals surface area contributed by atoms with Crippen LogP contribution in [0.15, 0.2) is 58.3 Å². The Bertz CT molecular complexity index is 975. The van der Waals surface area contributed by atoms with Crippen LogP contribution in [0.3, 0.4) is 0 Å². The fourth-order valence-electron chi connectivity index (χ4n) is 2.16. The minimum absolute atomic E-state index is 0. The first-order valence-corrected chi connectivity index (χ1v) is 12.0. The topological polar surface area (TPSA) is 96.5 Å². The third-order valence-electron chi connectivity index (χ3n) is 3.34. The molecule has 0 fully saturated rings. The number of halogens is 4. The molecule has 8 nitrogen and oxygen atoms in total. The summed E-state index contributed by atoms with van der Waals surface area (Å²) in [6.07, 6.45) is 0. The zero-order chi connectivity index (χ0) is 23.4. The molecule has 0 saturated heterocycles. The minimum Gasteiger partial charge on any atom is -1.00 e. The Labute approximate surface area is 283 Å². The monoisotopic (exact) mass is 1000 g/mol. The van der Waals surface area contributed by atoms with Gasteiger partial charge in [0.15, 0.2) is 0 Å². The maximum Gasteiger partial charge on any atom is 2.00 e. The van der Waals surface area contributed by atoms with Crippen LogP contribution in [0, 0.1) is 13.8 Å². The maximum absolute atomic E-state index is 11.8. The molecule has 0 radical (unpaired) electrons. The normalized spacial score (nSPS) is 10.7. The zero-order valence-electron chi connectivity index (χ0n) is 21.8. The van der Waals surface area contributed by atoms with Gasteiger partial charge in [0, 0.05) is 0 Å². The Morgan fingerprint density at radius 1 is 0.500 bits per heavy atom. The molecular formula is C20H32Cl4Hg2N4O4S2. The maximum atomic E-state index is 11.8. The predicted molar refractivity (Wildman–Crippen MR) is 120 cm³/mol. The number of quaternary nitrogens is 2. The van der Waals surface area contributed by atoms with Gasteiger partial charge in [0.1, 0.15) is 20.0 Å². The molecule has 0 saturated carbocycles. The number of rotatable bonds is 6. The van der Waals surface area contributed by atoms with Crippen LogP contribution < -0.4 is 49.6 Å². The van der Waals surface area contributed by atoms with Crippen molar-refractivity contribution in [3.05, 3.63) is 69.3 Å². The van der Waals surface area contributed by atoms with E-state index in [-0.39, 0.29) is 124 Å². The van der Waals surface area contributed by atoms with Crippen LogP contribution in [0.2, 0.25) is 0 Å². The van der Waals surface area contributed by atoms with Crippen LogP contribution in [0.25, 0.3) is 9.66 Å². The van der Waals surface area contributed by atoms with Gasteiger partial charge in [-0.05, 0) is 38.1 Å². The van der Waals surface area contributed by atoms with Crippen molar-refractivity contribution in [2.45, 2.75) is 23.6 Å². The van der Waals surface area contributed by atoms with Gasteiger partial charge in [-0.1, -0.05) is 35.4 Å². The fraction of sp³-hybridized carbons (Fsp3) is 0.400. The van der Waals surface area contributed by atoms with Gasteiger partial charge in [-0.3, -0.25) is 0 Å². The molecule has 36 heavy (non-hydrogen) atoms. The predicted octanol–water partition coefficient (Wildman–Crippen LogP) is -8.63. The second-order valence-corrected chi connectivity index (χ2v) is 11.8. The van der Waals surface area contributed by atoms with E-state index in [1.807, 2.05) is 13.8 Å². The fourth-order valence-corrected chi connectivity index (χ4v) is 4.60. The molecule has 0 aromatic heterocycles. The van der Waals surface area contributed by atoms with E-state index in [9.17, 15) is 16.8 Å². The Balaban J connectivity index is -0.000000107. The van der Waals surface area contributed by atoms with Crippen LogP contribution in [0.4, 0.5) is 0 Å². The van der Waals surface area contributed by atoms with Crippen LogP contribution >= 0.6 is 0 Å². The smallest absolute Gasteiger partial charge is 1.00 e. The molecule has 2 rings (SSSR count). The summed E-state index contributed by atoms with van der Waals surface area (Å²) in [5.74, 6) is 0. The van der Waals surface area contributed by atoms with Gasteiger partial charge < -0.3 is 68.5 Å². The second-order valence-electron chi connectivity index (χ2n) is 8.62. The van der Waals surface area contributed by atoms with Gasteiger partial charge in [0.2, 0.25) is 0 Å². The van der Waals surface area contributed by atoms with Crippen LogP contribution in [0.1, 0.15) is 11.1 Å². The summed E-state index contributed by atoms with van der Waals surface area (Å²) in [6.45, 7) is 3.82. The molecule has 2 aromatic carbocycles. The van der Waals surface area contributed by atoms with Gasteiger partial charge in [0.05, 0.1) is 52.1 Å². The van der Waals surface area contributed by atoms with Crippen molar-refractivity contribution >= 4 is 20.0 Å². The molecule has 0 amide bonds. The molecule has 0 heterocycles. The zero-order valence-corrected chi connectivity index (χ0v) is 37.4. The molecule has 0 aliphatic rings. The van der Waals surface area contributed by atoms with Gasteiger partial charge in [0.25, 0.3) is 0 Å². The Morgan fingerprint density at radius 2 is 0.694 bits per heavy atom. The van der Waals surface area contributed by atoms with E-state index in [0.717, 1.165) is 11.1 Å². The molecule has 0 bridgehead atoms. The molecule has 0 aliphatic carbocycles. The van der Waals surface area contributed by atoms with E-state index in [2.05, 4.69) is 9.66 Å². The van der Waals surface area contributed by atoms with Crippen LogP contribution in [-0.4, -0.2) is 68.3 Å². The Morgan fingerprint density at radius 3 is 0.861 bits per heavy atom. The summed E-state index contributed by atoms with van der Waals surface area (Å²) < 4.78 is 47.2. The van der Waals surface area contributed by atoms with Crippen molar-refractivity contribution in [3.8, 4) is 0 Å². The van der Waals surface area contributed by atoms with Crippen molar-refractivity contribution in [2.24, 2.45) is 0 Å². The first-order valence-electron chi connectivity index (χ1n) is 9.17.